The Morgan fingerprint density at radius 3 is 2.61 bits per heavy atom. The number of nitriles is 1. The van der Waals surface area contributed by atoms with Crippen LogP contribution < -0.4 is 10.6 Å². The molecule has 3 heterocycles. The topological polar surface area (TPSA) is 152 Å². The lowest BCUT2D eigenvalue weighted by atomic mass is 10.2. The molecule has 4 aromatic rings. The van der Waals surface area contributed by atoms with E-state index >= 15 is 0 Å². The molecule has 0 fully saturated rings. The van der Waals surface area contributed by atoms with E-state index in [0.717, 1.165) is 0 Å². The number of aromatic nitrogens is 5. The minimum absolute atomic E-state index is 0.183. The van der Waals surface area contributed by atoms with Gasteiger partial charge in [0.2, 0.25) is 11.9 Å². The van der Waals surface area contributed by atoms with Crippen LogP contribution >= 0.6 is 0 Å². The van der Waals surface area contributed by atoms with Crippen LogP contribution in [0.4, 0.5) is 11.9 Å². The maximum atomic E-state index is 12.5. The van der Waals surface area contributed by atoms with Gasteiger partial charge in [-0.1, -0.05) is 6.07 Å². The molecule has 0 bridgehead atoms. The van der Waals surface area contributed by atoms with Crippen LogP contribution in [0.25, 0.3) is 11.0 Å². The van der Waals surface area contributed by atoms with Crippen molar-refractivity contribution in [1.29, 1.82) is 5.26 Å². The van der Waals surface area contributed by atoms with E-state index in [4.69, 9.17) is 5.26 Å². The smallest absolute Gasteiger partial charge is 0.260 e. The number of anilines is 2. The summed E-state index contributed by atoms with van der Waals surface area (Å²) in [6.45, 7) is 0. The summed E-state index contributed by atoms with van der Waals surface area (Å²) in [5.74, 6) is -0.333. The SMILES string of the molecule is N#Cc1ccc(C(=O)Nc2nc3c(C(=O)Nc4ncc[nH]4)cccc3[nH]2)cn1. The molecule has 0 atom stereocenters. The molecular formula is C18H12N8O2. The summed E-state index contributed by atoms with van der Waals surface area (Å²) in [5, 5.41) is 14.0. The molecule has 4 N–H and O–H groups in total. The van der Waals surface area contributed by atoms with E-state index in [1.54, 1.807) is 24.4 Å². The number of amides is 2. The lowest BCUT2D eigenvalue weighted by Crippen LogP contribution is -2.14. The van der Waals surface area contributed by atoms with Gasteiger partial charge in [-0.15, -0.1) is 0 Å². The molecule has 136 valence electrons. The highest BCUT2D eigenvalue weighted by atomic mass is 16.2. The summed E-state index contributed by atoms with van der Waals surface area (Å²) >= 11 is 0. The fourth-order valence-corrected chi connectivity index (χ4v) is 2.56. The molecule has 3 aromatic heterocycles. The summed E-state index contributed by atoms with van der Waals surface area (Å²) in [4.78, 5) is 42.7. The average Bonchev–Trinajstić information content (AvgIpc) is 3.36. The lowest BCUT2D eigenvalue weighted by Gasteiger charge is -2.02. The third-order valence-electron chi connectivity index (χ3n) is 3.86. The van der Waals surface area contributed by atoms with E-state index in [2.05, 4.69) is 35.6 Å². The molecule has 0 radical (unpaired) electrons. The summed E-state index contributed by atoms with van der Waals surface area (Å²) < 4.78 is 0. The minimum Gasteiger partial charge on any atom is -0.331 e. The summed E-state index contributed by atoms with van der Waals surface area (Å²) in [5.41, 5.74) is 1.80. The molecule has 0 saturated carbocycles. The van der Waals surface area contributed by atoms with E-state index in [-0.39, 0.29) is 23.1 Å². The second-order valence-electron chi connectivity index (χ2n) is 5.68. The van der Waals surface area contributed by atoms with E-state index < -0.39 is 5.91 Å². The number of nitrogens with one attached hydrogen (secondary N) is 4. The number of carbonyl (C=O) groups is 2. The van der Waals surface area contributed by atoms with Crippen molar-refractivity contribution >= 4 is 34.7 Å². The third-order valence-corrected chi connectivity index (χ3v) is 3.86. The van der Waals surface area contributed by atoms with Gasteiger partial charge in [0, 0.05) is 18.6 Å². The number of rotatable bonds is 4. The Morgan fingerprint density at radius 2 is 1.89 bits per heavy atom. The normalized spacial score (nSPS) is 10.4. The maximum Gasteiger partial charge on any atom is 0.260 e. The molecule has 0 aliphatic heterocycles. The molecule has 4 rings (SSSR count). The second kappa shape index (κ2) is 7.00. The highest BCUT2D eigenvalue weighted by Gasteiger charge is 2.16. The Hall–Kier alpha value is -4.52. The number of benzene rings is 1. The molecule has 1 aromatic carbocycles. The van der Waals surface area contributed by atoms with Gasteiger partial charge in [0.25, 0.3) is 11.8 Å². The fraction of sp³-hybridized carbons (Fsp3) is 0. The predicted molar refractivity (Wildman–Crippen MR) is 99.5 cm³/mol. The number of carbonyl (C=O) groups excluding carboxylic acids is 2. The van der Waals surface area contributed by atoms with Crippen LogP contribution in [0.5, 0.6) is 0 Å². The maximum absolute atomic E-state index is 12.5. The molecule has 0 unspecified atom stereocenters. The van der Waals surface area contributed by atoms with Gasteiger partial charge in [0.1, 0.15) is 17.3 Å². The number of fused-ring (bicyclic) bond motifs is 1. The van der Waals surface area contributed by atoms with E-state index in [0.29, 0.717) is 22.5 Å². The van der Waals surface area contributed by atoms with Crippen LogP contribution in [-0.4, -0.2) is 36.7 Å². The first kappa shape index (κ1) is 16.9. The second-order valence-corrected chi connectivity index (χ2v) is 5.68. The first-order valence-electron chi connectivity index (χ1n) is 8.11. The Kier molecular flexibility index (Phi) is 4.23. The third kappa shape index (κ3) is 3.27. The number of pyridine rings is 1. The van der Waals surface area contributed by atoms with Gasteiger partial charge in [-0.3, -0.25) is 20.2 Å². The Morgan fingerprint density at radius 1 is 1.04 bits per heavy atom. The van der Waals surface area contributed by atoms with Crippen LogP contribution in [0.1, 0.15) is 26.4 Å². The van der Waals surface area contributed by atoms with Crippen molar-refractivity contribution in [1.82, 2.24) is 24.9 Å². The number of H-pyrrole nitrogens is 2. The Bertz CT molecular complexity index is 1200. The highest BCUT2D eigenvalue weighted by Crippen LogP contribution is 2.20. The van der Waals surface area contributed by atoms with Crippen LogP contribution in [0.15, 0.2) is 48.9 Å². The van der Waals surface area contributed by atoms with E-state index in [1.165, 1.54) is 24.5 Å². The van der Waals surface area contributed by atoms with Crippen LogP contribution in [0, 0.1) is 11.3 Å². The molecule has 10 nitrogen and oxygen atoms in total. The Labute approximate surface area is 157 Å². The van der Waals surface area contributed by atoms with Gasteiger partial charge < -0.3 is 9.97 Å². The molecule has 0 spiro atoms. The van der Waals surface area contributed by atoms with E-state index in [1.807, 2.05) is 6.07 Å². The number of imidazole rings is 2. The molecule has 0 aliphatic carbocycles. The van der Waals surface area contributed by atoms with Gasteiger partial charge in [-0.05, 0) is 24.3 Å². The van der Waals surface area contributed by atoms with Gasteiger partial charge >= 0.3 is 0 Å². The monoisotopic (exact) mass is 372 g/mol. The van der Waals surface area contributed by atoms with Crippen LogP contribution in [0.3, 0.4) is 0 Å². The molecule has 0 saturated heterocycles. The van der Waals surface area contributed by atoms with Crippen LogP contribution in [0.2, 0.25) is 0 Å². The number of hydrogen-bond acceptors (Lipinski definition) is 6. The average molecular weight is 372 g/mol. The highest BCUT2D eigenvalue weighted by molar-refractivity contribution is 6.11. The number of nitrogens with zero attached hydrogens (tertiary/aromatic N) is 4. The zero-order chi connectivity index (χ0) is 19.5. The minimum atomic E-state index is -0.447. The van der Waals surface area contributed by atoms with Gasteiger partial charge in [0.05, 0.1) is 16.6 Å². The fourth-order valence-electron chi connectivity index (χ4n) is 2.56. The standard InChI is InChI=1S/C18H12N8O2/c19-8-11-5-4-10(9-22-11)15(27)25-18-23-13-3-1-2-12(14(13)24-18)16(28)26-17-20-6-7-21-17/h1-7,9H,(H2,20,21,26,28)(H2,23,24,25,27). The molecule has 0 aliphatic rings. The van der Waals surface area contributed by atoms with Crippen molar-refractivity contribution in [3.8, 4) is 6.07 Å². The first-order chi connectivity index (χ1) is 13.6. The summed E-state index contributed by atoms with van der Waals surface area (Å²) in [7, 11) is 0. The lowest BCUT2D eigenvalue weighted by molar-refractivity contribution is 0.101. The predicted octanol–water partition coefficient (Wildman–Crippen LogP) is 2.06. The van der Waals surface area contributed by atoms with Crippen molar-refractivity contribution in [2.45, 2.75) is 0 Å². The Balaban J connectivity index is 1.58. The number of aromatic amines is 2. The quantitative estimate of drug-likeness (QED) is 0.430. The zero-order valence-electron chi connectivity index (χ0n) is 14.2. The van der Waals surface area contributed by atoms with Gasteiger partial charge in [-0.2, -0.15) is 5.26 Å². The van der Waals surface area contributed by atoms with Gasteiger partial charge in [0.15, 0.2) is 0 Å². The van der Waals surface area contributed by atoms with E-state index in [9.17, 15) is 9.59 Å². The number of hydrogen-bond donors (Lipinski definition) is 4. The molecule has 10 heteroatoms. The summed E-state index contributed by atoms with van der Waals surface area (Å²) in [6, 6.07) is 9.89. The summed E-state index contributed by atoms with van der Waals surface area (Å²) in [6.07, 6.45) is 4.42. The van der Waals surface area contributed by atoms with Gasteiger partial charge in [-0.25, -0.2) is 15.0 Å². The molecular weight excluding hydrogens is 360 g/mol. The van der Waals surface area contributed by atoms with Crippen molar-refractivity contribution in [2.24, 2.45) is 0 Å². The van der Waals surface area contributed by atoms with Crippen molar-refractivity contribution in [3.63, 3.8) is 0 Å². The largest absolute Gasteiger partial charge is 0.331 e. The molecule has 2 amide bonds. The van der Waals surface area contributed by atoms with Crippen molar-refractivity contribution in [3.05, 3.63) is 65.7 Å². The molecule has 28 heavy (non-hydrogen) atoms. The zero-order valence-corrected chi connectivity index (χ0v) is 14.2. The van der Waals surface area contributed by atoms with Crippen molar-refractivity contribution < 1.29 is 9.59 Å². The van der Waals surface area contributed by atoms with Crippen LogP contribution in [-0.2, 0) is 0 Å². The first-order valence-corrected chi connectivity index (χ1v) is 8.11. The number of para-hydroxylation sites is 1. The van der Waals surface area contributed by atoms with Crippen molar-refractivity contribution in [2.75, 3.05) is 10.6 Å².